The van der Waals surface area contributed by atoms with Gasteiger partial charge in [0.1, 0.15) is 16.1 Å². The van der Waals surface area contributed by atoms with E-state index in [1.807, 2.05) is 32.0 Å². The van der Waals surface area contributed by atoms with E-state index < -0.39 is 0 Å². The zero-order chi connectivity index (χ0) is 16.8. The topological polar surface area (TPSA) is 79.5 Å². The van der Waals surface area contributed by atoms with Gasteiger partial charge in [0.25, 0.3) is 5.88 Å². The molecule has 2 aromatic rings. The fourth-order valence-corrected chi connectivity index (χ4v) is 2.50. The largest absolute Gasteiger partial charge is 0.496 e. The van der Waals surface area contributed by atoms with Gasteiger partial charge in [-0.15, -0.1) is 0 Å². The lowest BCUT2D eigenvalue weighted by atomic mass is 10.1. The number of anilines is 1. The minimum absolute atomic E-state index is 0.273. The van der Waals surface area contributed by atoms with Crippen LogP contribution >= 0.6 is 15.9 Å². The highest BCUT2D eigenvalue weighted by Crippen LogP contribution is 2.29. The van der Waals surface area contributed by atoms with E-state index in [-0.39, 0.29) is 5.82 Å². The Kier molecular flexibility index (Phi) is 6.04. The van der Waals surface area contributed by atoms with E-state index in [4.69, 9.17) is 19.9 Å². The molecule has 0 aliphatic rings. The molecule has 0 fully saturated rings. The van der Waals surface area contributed by atoms with Crippen molar-refractivity contribution in [3.05, 3.63) is 34.1 Å². The molecule has 23 heavy (non-hydrogen) atoms. The minimum Gasteiger partial charge on any atom is -0.496 e. The molecule has 0 radical (unpaired) electrons. The first-order valence-corrected chi connectivity index (χ1v) is 8.12. The van der Waals surface area contributed by atoms with Crippen LogP contribution in [0.2, 0.25) is 0 Å². The highest BCUT2D eigenvalue weighted by Gasteiger charge is 2.14. The first kappa shape index (κ1) is 17.3. The molecule has 0 aliphatic carbocycles. The molecule has 2 N–H and O–H groups in total. The smallest absolute Gasteiger partial charge is 0.258 e. The summed E-state index contributed by atoms with van der Waals surface area (Å²) < 4.78 is 16.9. The van der Waals surface area contributed by atoms with Crippen molar-refractivity contribution in [2.24, 2.45) is 0 Å². The molecule has 0 unspecified atom stereocenters. The highest BCUT2D eigenvalue weighted by atomic mass is 79.9. The van der Waals surface area contributed by atoms with E-state index in [0.717, 1.165) is 17.1 Å². The van der Waals surface area contributed by atoms with E-state index in [1.54, 1.807) is 7.11 Å². The predicted molar refractivity (Wildman–Crippen MR) is 92.3 cm³/mol. The van der Waals surface area contributed by atoms with Gasteiger partial charge in [0.2, 0.25) is 0 Å². The van der Waals surface area contributed by atoms with Gasteiger partial charge in [-0.25, -0.2) is 9.97 Å². The fraction of sp³-hybridized carbons (Fsp3) is 0.375. The van der Waals surface area contributed by atoms with Gasteiger partial charge in [-0.05, 0) is 35.8 Å². The van der Waals surface area contributed by atoms with Gasteiger partial charge in [0, 0.05) is 18.1 Å². The second-order valence-electron chi connectivity index (χ2n) is 4.67. The van der Waals surface area contributed by atoms with Gasteiger partial charge >= 0.3 is 0 Å². The molecule has 1 heterocycles. The Morgan fingerprint density at radius 1 is 1.13 bits per heavy atom. The third kappa shape index (κ3) is 4.25. The molecule has 6 nitrogen and oxygen atoms in total. The maximum Gasteiger partial charge on any atom is 0.258 e. The summed E-state index contributed by atoms with van der Waals surface area (Å²) in [6.07, 6.45) is 0.528. The third-order valence-corrected chi connectivity index (χ3v) is 3.76. The number of methoxy groups -OCH3 is 1. The normalized spacial score (nSPS) is 10.4. The zero-order valence-electron chi connectivity index (χ0n) is 13.4. The van der Waals surface area contributed by atoms with E-state index in [9.17, 15) is 0 Å². The van der Waals surface area contributed by atoms with E-state index >= 15 is 0 Å². The Labute approximate surface area is 144 Å². The van der Waals surface area contributed by atoms with Crippen molar-refractivity contribution in [2.75, 3.05) is 26.1 Å². The number of nitrogens with two attached hydrogens (primary N) is 1. The number of nitrogen functional groups attached to an aromatic ring is 1. The first-order valence-electron chi connectivity index (χ1n) is 7.33. The van der Waals surface area contributed by atoms with Crippen molar-refractivity contribution in [1.29, 1.82) is 0 Å². The van der Waals surface area contributed by atoms with Crippen LogP contribution in [-0.4, -0.2) is 30.3 Å². The van der Waals surface area contributed by atoms with Gasteiger partial charge in [-0.2, -0.15) is 0 Å². The Bertz CT molecular complexity index is 680. The number of halogens is 1. The number of hydrogen-bond acceptors (Lipinski definition) is 6. The maximum atomic E-state index is 5.89. The molecule has 2 rings (SSSR count). The SMILES string of the molecule is CCOc1ccc(Cc2nc(N)c(OCC)nc2Br)c(OC)c1. The molecule has 0 spiro atoms. The van der Waals surface area contributed by atoms with Crippen LogP contribution in [0.3, 0.4) is 0 Å². The molecule has 0 amide bonds. The van der Waals surface area contributed by atoms with Crippen LogP contribution in [0.15, 0.2) is 22.8 Å². The average Bonchev–Trinajstić information content (AvgIpc) is 2.54. The molecular formula is C16H20BrN3O3. The molecular weight excluding hydrogens is 362 g/mol. The zero-order valence-corrected chi connectivity index (χ0v) is 15.0. The van der Waals surface area contributed by atoms with Crippen LogP contribution in [0.1, 0.15) is 25.1 Å². The van der Waals surface area contributed by atoms with Crippen LogP contribution in [0, 0.1) is 0 Å². The van der Waals surface area contributed by atoms with Crippen LogP contribution in [0.25, 0.3) is 0 Å². The molecule has 0 atom stereocenters. The lowest BCUT2D eigenvalue weighted by Gasteiger charge is -2.13. The summed E-state index contributed by atoms with van der Waals surface area (Å²) in [5, 5.41) is 0. The Hall–Kier alpha value is -2.02. The summed E-state index contributed by atoms with van der Waals surface area (Å²) in [4.78, 5) is 8.68. The number of aromatic nitrogens is 2. The standard InChI is InChI=1S/C16H20BrN3O3/c1-4-22-11-7-6-10(13(9-11)21-3)8-12-14(17)20-16(23-5-2)15(18)19-12/h6-7,9H,4-5,8H2,1-3H3,(H2,18,19). The van der Waals surface area contributed by atoms with Gasteiger partial charge in [-0.1, -0.05) is 6.07 Å². The molecule has 1 aromatic carbocycles. The van der Waals surface area contributed by atoms with Crippen molar-refractivity contribution < 1.29 is 14.2 Å². The van der Waals surface area contributed by atoms with Crippen molar-refractivity contribution in [2.45, 2.75) is 20.3 Å². The number of ether oxygens (including phenoxy) is 3. The summed E-state index contributed by atoms with van der Waals surface area (Å²) in [6.45, 7) is 4.90. The second-order valence-corrected chi connectivity index (χ2v) is 5.42. The summed E-state index contributed by atoms with van der Waals surface area (Å²) in [5.74, 6) is 2.11. The number of benzene rings is 1. The summed E-state index contributed by atoms with van der Waals surface area (Å²) in [5.41, 5.74) is 7.58. The Morgan fingerprint density at radius 3 is 2.52 bits per heavy atom. The highest BCUT2D eigenvalue weighted by molar-refractivity contribution is 9.10. The quantitative estimate of drug-likeness (QED) is 0.792. The lowest BCUT2D eigenvalue weighted by molar-refractivity contribution is 0.326. The molecule has 1 aromatic heterocycles. The number of nitrogens with zero attached hydrogens (tertiary/aromatic N) is 2. The van der Waals surface area contributed by atoms with Crippen LogP contribution in [0.5, 0.6) is 17.4 Å². The van der Waals surface area contributed by atoms with Crippen LogP contribution in [0.4, 0.5) is 5.82 Å². The third-order valence-electron chi connectivity index (χ3n) is 3.12. The van der Waals surface area contributed by atoms with Crippen LogP contribution in [-0.2, 0) is 6.42 Å². The fourth-order valence-electron chi connectivity index (χ4n) is 2.11. The minimum atomic E-state index is 0.273. The van der Waals surface area contributed by atoms with Gasteiger partial charge in [-0.3, -0.25) is 0 Å². The van der Waals surface area contributed by atoms with Gasteiger partial charge < -0.3 is 19.9 Å². The van der Waals surface area contributed by atoms with Gasteiger partial charge in [0.15, 0.2) is 5.82 Å². The van der Waals surface area contributed by atoms with Crippen LogP contribution < -0.4 is 19.9 Å². The van der Waals surface area contributed by atoms with Crippen molar-refractivity contribution >= 4 is 21.7 Å². The molecule has 0 saturated heterocycles. The summed E-state index contributed by atoms with van der Waals surface area (Å²) >= 11 is 3.42. The lowest BCUT2D eigenvalue weighted by Crippen LogP contribution is -2.06. The summed E-state index contributed by atoms with van der Waals surface area (Å²) in [7, 11) is 1.63. The van der Waals surface area contributed by atoms with Crippen molar-refractivity contribution in [3.8, 4) is 17.4 Å². The monoisotopic (exact) mass is 381 g/mol. The number of hydrogen-bond donors (Lipinski definition) is 1. The number of rotatable bonds is 7. The van der Waals surface area contributed by atoms with E-state index in [1.165, 1.54) is 0 Å². The predicted octanol–water partition coefficient (Wildman–Crippen LogP) is 3.22. The molecule has 0 saturated carbocycles. The summed E-state index contributed by atoms with van der Waals surface area (Å²) in [6, 6.07) is 5.71. The Morgan fingerprint density at radius 2 is 1.87 bits per heavy atom. The molecule has 7 heteroatoms. The Balaban J connectivity index is 2.30. The molecule has 124 valence electrons. The molecule has 0 aliphatic heterocycles. The second kappa shape index (κ2) is 8.01. The first-order chi connectivity index (χ1) is 11.1. The average molecular weight is 382 g/mol. The van der Waals surface area contributed by atoms with Crippen molar-refractivity contribution in [3.63, 3.8) is 0 Å². The van der Waals surface area contributed by atoms with Gasteiger partial charge in [0.05, 0.1) is 26.0 Å². The van der Waals surface area contributed by atoms with Crippen molar-refractivity contribution in [1.82, 2.24) is 9.97 Å². The maximum absolute atomic E-state index is 5.89. The van der Waals surface area contributed by atoms with E-state index in [2.05, 4.69) is 25.9 Å². The van der Waals surface area contributed by atoms with E-state index in [0.29, 0.717) is 35.8 Å². The molecule has 0 bridgehead atoms.